The van der Waals surface area contributed by atoms with Gasteiger partial charge in [-0.05, 0) is 13.0 Å². The fraction of sp³-hybridized carbons (Fsp3) is 0.889. The number of β-amino-alcohol motifs (C(OH)–C–C–N with tert-alkyl or cyclic N) is 1. The van der Waals surface area contributed by atoms with Crippen LogP contribution in [-0.4, -0.2) is 42.7 Å². The molecule has 4 heteroatoms. The average Bonchev–Trinajstić information content (AvgIpc) is 2.49. The van der Waals surface area contributed by atoms with Crippen LogP contribution in [-0.2, 0) is 4.79 Å². The van der Waals surface area contributed by atoms with E-state index in [-0.39, 0.29) is 6.10 Å². The summed E-state index contributed by atoms with van der Waals surface area (Å²) in [6.07, 6.45) is 2.10. The fourth-order valence-corrected chi connectivity index (χ4v) is 1.64. The molecule has 0 aromatic rings. The Morgan fingerprint density at radius 2 is 2.54 bits per heavy atom. The summed E-state index contributed by atoms with van der Waals surface area (Å²) < 4.78 is 0. The van der Waals surface area contributed by atoms with Gasteiger partial charge in [0.2, 0.25) is 0 Å². The Labute approximate surface area is 78.7 Å². The standard InChI is InChI=1S/C9H18N2O2/c1-2-3-10-6-9(7-12)4-8(13)5-11-9/h7-8,10-11,13H,2-6H2,1H3/t8-,9?/m1/s1. The van der Waals surface area contributed by atoms with Gasteiger partial charge in [-0.25, -0.2) is 0 Å². The Hall–Kier alpha value is -0.450. The van der Waals surface area contributed by atoms with E-state index in [0.717, 1.165) is 19.3 Å². The van der Waals surface area contributed by atoms with E-state index in [0.29, 0.717) is 19.5 Å². The summed E-state index contributed by atoms with van der Waals surface area (Å²) in [5.41, 5.74) is -0.533. The van der Waals surface area contributed by atoms with E-state index >= 15 is 0 Å². The summed E-state index contributed by atoms with van der Waals surface area (Å²) in [5.74, 6) is 0. The maximum atomic E-state index is 10.9. The third-order valence-corrected chi connectivity index (χ3v) is 2.38. The minimum absolute atomic E-state index is 0.381. The number of aliphatic hydroxyl groups is 1. The van der Waals surface area contributed by atoms with Crippen molar-refractivity contribution in [3.63, 3.8) is 0 Å². The minimum atomic E-state index is -0.533. The first-order valence-corrected chi connectivity index (χ1v) is 4.82. The largest absolute Gasteiger partial charge is 0.392 e. The van der Waals surface area contributed by atoms with Gasteiger partial charge in [0.15, 0.2) is 0 Å². The zero-order chi connectivity index (χ0) is 9.73. The van der Waals surface area contributed by atoms with E-state index in [4.69, 9.17) is 0 Å². The van der Waals surface area contributed by atoms with Crippen LogP contribution in [0, 0.1) is 0 Å². The molecule has 4 nitrogen and oxygen atoms in total. The lowest BCUT2D eigenvalue weighted by Crippen LogP contribution is -2.50. The molecule has 1 aliphatic heterocycles. The molecule has 3 N–H and O–H groups in total. The molecule has 2 atom stereocenters. The molecule has 13 heavy (non-hydrogen) atoms. The zero-order valence-electron chi connectivity index (χ0n) is 8.05. The second-order valence-corrected chi connectivity index (χ2v) is 3.69. The van der Waals surface area contributed by atoms with Crippen LogP contribution in [0.1, 0.15) is 19.8 Å². The summed E-state index contributed by atoms with van der Waals surface area (Å²) in [4.78, 5) is 10.9. The van der Waals surface area contributed by atoms with Crippen LogP contribution in [0.25, 0.3) is 0 Å². The molecule has 1 fully saturated rings. The quantitative estimate of drug-likeness (QED) is 0.391. The van der Waals surface area contributed by atoms with Crippen molar-refractivity contribution < 1.29 is 9.90 Å². The van der Waals surface area contributed by atoms with Crippen LogP contribution in [0.3, 0.4) is 0 Å². The Balaban J connectivity index is 2.37. The lowest BCUT2D eigenvalue weighted by Gasteiger charge is -2.22. The minimum Gasteiger partial charge on any atom is -0.392 e. The molecule has 76 valence electrons. The summed E-state index contributed by atoms with van der Waals surface area (Å²) in [7, 11) is 0. The molecule has 0 amide bonds. The van der Waals surface area contributed by atoms with Gasteiger partial charge in [0, 0.05) is 19.5 Å². The molecule has 0 saturated carbocycles. The van der Waals surface area contributed by atoms with Crippen molar-refractivity contribution in [1.29, 1.82) is 0 Å². The van der Waals surface area contributed by atoms with Gasteiger partial charge in [0.25, 0.3) is 0 Å². The van der Waals surface area contributed by atoms with Gasteiger partial charge >= 0.3 is 0 Å². The number of aliphatic hydroxyl groups excluding tert-OH is 1. The van der Waals surface area contributed by atoms with Gasteiger partial charge in [-0.15, -0.1) is 0 Å². The van der Waals surface area contributed by atoms with Crippen LogP contribution in [0.15, 0.2) is 0 Å². The molecule has 1 unspecified atom stereocenters. The maximum absolute atomic E-state index is 10.9. The van der Waals surface area contributed by atoms with Gasteiger partial charge in [0.05, 0.1) is 11.6 Å². The average molecular weight is 186 g/mol. The maximum Gasteiger partial charge on any atom is 0.141 e. The first kappa shape index (κ1) is 10.6. The number of hydrogen-bond donors (Lipinski definition) is 3. The Morgan fingerprint density at radius 3 is 3.00 bits per heavy atom. The second kappa shape index (κ2) is 4.69. The van der Waals surface area contributed by atoms with Crippen molar-refractivity contribution in [1.82, 2.24) is 10.6 Å². The molecule has 0 radical (unpaired) electrons. The fourth-order valence-electron chi connectivity index (χ4n) is 1.64. The van der Waals surface area contributed by atoms with E-state index in [1.807, 2.05) is 0 Å². The molecule has 0 aliphatic carbocycles. The van der Waals surface area contributed by atoms with Crippen LogP contribution >= 0.6 is 0 Å². The highest BCUT2D eigenvalue weighted by Crippen LogP contribution is 2.16. The summed E-state index contributed by atoms with van der Waals surface area (Å²) >= 11 is 0. The molecular formula is C9H18N2O2. The van der Waals surface area contributed by atoms with Crippen LogP contribution < -0.4 is 10.6 Å². The van der Waals surface area contributed by atoms with Crippen molar-refractivity contribution in [3.05, 3.63) is 0 Å². The van der Waals surface area contributed by atoms with E-state index in [1.165, 1.54) is 0 Å². The van der Waals surface area contributed by atoms with Gasteiger partial charge in [-0.3, -0.25) is 0 Å². The highest BCUT2D eigenvalue weighted by atomic mass is 16.3. The number of hydrogen-bond acceptors (Lipinski definition) is 4. The lowest BCUT2D eigenvalue weighted by molar-refractivity contribution is -0.113. The highest BCUT2D eigenvalue weighted by Gasteiger charge is 2.37. The molecule has 1 saturated heterocycles. The topological polar surface area (TPSA) is 61.4 Å². The van der Waals surface area contributed by atoms with Crippen LogP contribution in [0.4, 0.5) is 0 Å². The van der Waals surface area contributed by atoms with E-state index < -0.39 is 5.54 Å². The predicted molar refractivity (Wildman–Crippen MR) is 50.6 cm³/mol. The third-order valence-electron chi connectivity index (χ3n) is 2.38. The monoisotopic (exact) mass is 186 g/mol. The summed E-state index contributed by atoms with van der Waals surface area (Å²) in [5, 5.41) is 15.5. The molecular weight excluding hydrogens is 168 g/mol. The first-order valence-electron chi connectivity index (χ1n) is 4.82. The lowest BCUT2D eigenvalue weighted by atomic mass is 9.99. The smallest absolute Gasteiger partial charge is 0.141 e. The molecule has 0 spiro atoms. The molecule has 0 aromatic carbocycles. The number of rotatable bonds is 5. The van der Waals surface area contributed by atoms with E-state index in [9.17, 15) is 9.90 Å². The molecule has 1 aliphatic rings. The molecule has 1 heterocycles. The van der Waals surface area contributed by atoms with Crippen LogP contribution in [0.2, 0.25) is 0 Å². The van der Waals surface area contributed by atoms with Crippen molar-refractivity contribution in [2.24, 2.45) is 0 Å². The van der Waals surface area contributed by atoms with Crippen molar-refractivity contribution in [2.75, 3.05) is 19.6 Å². The Kier molecular flexibility index (Phi) is 3.84. The summed E-state index contributed by atoms with van der Waals surface area (Å²) in [6.45, 7) is 4.12. The van der Waals surface area contributed by atoms with E-state index in [1.54, 1.807) is 0 Å². The highest BCUT2D eigenvalue weighted by molar-refractivity contribution is 5.65. The Bertz CT molecular complexity index is 175. The van der Waals surface area contributed by atoms with Gasteiger partial charge in [-0.1, -0.05) is 6.92 Å². The molecule has 0 aromatic heterocycles. The van der Waals surface area contributed by atoms with Crippen molar-refractivity contribution in [3.8, 4) is 0 Å². The number of carbonyl (C=O) groups is 1. The first-order chi connectivity index (χ1) is 6.22. The molecule has 1 rings (SSSR count). The van der Waals surface area contributed by atoms with E-state index in [2.05, 4.69) is 17.6 Å². The predicted octanol–water partition coefficient (Wildman–Crippen LogP) is -0.722. The van der Waals surface area contributed by atoms with Gasteiger partial charge in [-0.2, -0.15) is 0 Å². The molecule has 0 bridgehead atoms. The SMILES string of the molecule is CCCNCC1(C=O)C[C@@H](O)CN1. The van der Waals surface area contributed by atoms with Crippen LogP contribution in [0.5, 0.6) is 0 Å². The Morgan fingerprint density at radius 1 is 1.77 bits per heavy atom. The van der Waals surface area contributed by atoms with Crippen molar-refractivity contribution in [2.45, 2.75) is 31.4 Å². The normalized spacial score (nSPS) is 33.5. The third kappa shape index (κ3) is 2.76. The van der Waals surface area contributed by atoms with Gasteiger partial charge < -0.3 is 20.5 Å². The van der Waals surface area contributed by atoms with Gasteiger partial charge in [0.1, 0.15) is 6.29 Å². The second-order valence-electron chi connectivity index (χ2n) is 3.69. The summed E-state index contributed by atoms with van der Waals surface area (Å²) in [6, 6.07) is 0. The zero-order valence-corrected chi connectivity index (χ0v) is 8.05. The number of nitrogens with one attached hydrogen (secondary N) is 2. The number of carbonyl (C=O) groups excluding carboxylic acids is 1. The van der Waals surface area contributed by atoms with Crippen molar-refractivity contribution >= 4 is 6.29 Å². The number of aldehydes is 1.